The molecule has 0 atom stereocenters. The number of nitrogens with one attached hydrogen (secondary N) is 1. The average molecular weight is 424 g/mol. The summed E-state index contributed by atoms with van der Waals surface area (Å²) in [6.45, 7) is -1.25. The average Bonchev–Trinajstić information content (AvgIpc) is 2.53. The first-order chi connectivity index (χ1) is 11.2. The van der Waals surface area contributed by atoms with E-state index in [1.54, 1.807) is 12.1 Å². The number of aromatic nitrogens is 1. The van der Waals surface area contributed by atoms with E-state index in [1.807, 2.05) is 0 Å². The largest absolute Gasteiger partial charge is 0.468 e. The topological polar surface area (TPSA) is 51.2 Å². The van der Waals surface area contributed by atoms with Crippen LogP contribution in [0.3, 0.4) is 0 Å². The van der Waals surface area contributed by atoms with Crippen LogP contribution in [-0.2, 0) is 6.54 Å². The first-order valence-electron chi connectivity index (χ1n) is 6.62. The van der Waals surface area contributed by atoms with Crippen LogP contribution < -0.4 is 10.1 Å². The molecule has 2 rings (SSSR count). The van der Waals surface area contributed by atoms with E-state index in [0.29, 0.717) is 20.6 Å². The predicted molar refractivity (Wildman–Crippen MR) is 86.1 cm³/mol. The van der Waals surface area contributed by atoms with E-state index >= 15 is 0 Å². The number of hydrogen-bond donors (Lipinski definition) is 1. The number of carbonyl (C=O) groups excluding carboxylic acids is 1. The van der Waals surface area contributed by atoms with Crippen molar-refractivity contribution >= 4 is 33.4 Å². The molecular formula is C15H11BrClF3N2O2. The van der Waals surface area contributed by atoms with Crippen molar-refractivity contribution in [1.29, 1.82) is 0 Å². The lowest BCUT2D eigenvalue weighted by Crippen LogP contribution is -2.23. The summed E-state index contributed by atoms with van der Waals surface area (Å²) >= 11 is 9.11. The minimum Gasteiger partial charge on any atom is -0.468 e. The Labute approximate surface area is 149 Å². The normalized spacial score (nSPS) is 11.2. The van der Waals surface area contributed by atoms with Gasteiger partial charge in [0, 0.05) is 28.3 Å². The molecule has 1 aromatic carbocycles. The molecule has 9 heteroatoms. The van der Waals surface area contributed by atoms with Crippen LogP contribution in [0.15, 0.2) is 41.0 Å². The zero-order valence-corrected chi connectivity index (χ0v) is 14.4. The molecule has 128 valence electrons. The van der Waals surface area contributed by atoms with Crippen molar-refractivity contribution in [2.45, 2.75) is 12.7 Å². The number of pyridine rings is 1. The van der Waals surface area contributed by atoms with Crippen LogP contribution in [0.4, 0.5) is 13.2 Å². The Bertz CT molecular complexity index is 724. The summed E-state index contributed by atoms with van der Waals surface area (Å²) in [7, 11) is 0. The van der Waals surface area contributed by atoms with Crippen LogP contribution in [0.1, 0.15) is 15.9 Å². The Kier molecular flexibility index (Phi) is 6.06. The molecule has 24 heavy (non-hydrogen) atoms. The number of hydrogen-bond acceptors (Lipinski definition) is 3. The Balaban J connectivity index is 1.92. The van der Waals surface area contributed by atoms with E-state index in [1.165, 1.54) is 24.4 Å². The summed E-state index contributed by atoms with van der Waals surface area (Å²) in [4.78, 5) is 15.9. The van der Waals surface area contributed by atoms with Gasteiger partial charge in [0.25, 0.3) is 5.91 Å². The molecule has 0 saturated heterocycles. The van der Waals surface area contributed by atoms with Crippen LogP contribution in [0, 0.1) is 0 Å². The van der Waals surface area contributed by atoms with Crippen molar-refractivity contribution in [3.05, 3.63) is 57.2 Å². The van der Waals surface area contributed by atoms with E-state index in [2.05, 4.69) is 31.0 Å². The van der Waals surface area contributed by atoms with Gasteiger partial charge in [-0.3, -0.25) is 4.79 Å². The Hall–Kier alpha value is -1.80. The third-order valence-electron chi connectivity index (χ3n) is 2.81. The minimum atomic E-state index is -4.42. The maximum Gasteiger partial charge on any atom is 0.422 e. The van der Waals surface area contributed by atoms with Crippen LogP contribution in [0.2, 0.25) is 5.02 Å². The number of alkyl halides is 3. The van der Waals surface area contributed by atoms with Gasteiger partial charge in [0.2, 0.25) is 5.88 Å². The lowest BCUT2D eigenvalue weighted by Gasteiger charge is -2.09. The molecule has 1 heterocycles. The van der Waals surface area contributed by atoms with Crippen molar-refractivity contribution in [2.75, 3.05) is 6.61 Å². The second kappa shape index (κ2) is 7.85. The van der Waals surface area contributed by atoms with Crippen LogP contribution in [0.25, 0.3) is 0 Å². The minimum absolute atomic E-state index is 0.139. The molecule has 1 aromatic heterocycles. The molecule has 0 saturated carbocycles. The second-order valence-electron chi connectivity index (χ2n) is 4.72. The van der Waals surface area contributed by atoms with Gasteiger partial charge in [-0.15, -0.1) is 0 Å². The number of rotatable bonds is 5. The van der Waals surface area contributed by atoms with E-state index in [-0.39, 0.29) is 18.3 Å². The highest BCUT2D eigenvalue weighted by atomic mass is 79.9. The fourth-order valence-electron chi connectivity index (χ4n) is 1.71. The molecule has 1 N–H and O–H groups in total. The summed E-state index contributed by atoms with van der Waals surface area (Å²) < 4.78 is 41.2. The second-order valence-corrected chi connectivity index (χ2v) is 6.01. The maximum absolute atomic E-state index is 12.1. The Morgan fingerprint density at radius 2 is 2.04 bits per heavy atom. The van der Waals surface area contributed by atoms with E-state index < -0.39 is 12.8 Å². The summed E-state index contributed by atoms with van der Waals surface area (Å²) in [5.74, 6) is -0.484. The van der Waals surface area contributed by atoms with Crippen molar-refractivity contribution < 1.29 is 22.7 Å². The Morgan fingerprint density at radius 1 is 1.29 bits per heavy atom. The molecule has 0 aliphatic carbocycles. The quantitative estimate of drug-likeness (QED) is 0.777. The van der Waals surface area contributed by atoms with Gasteiger partial charge in [0.05, 0.1) is 5.56 Å². The SMILES string of the molecule is O=C(NCc1ccc(OCC(F)(F)F)nc1)c1cc(Cl)ccc1Br. The molecule has 1 amide bonds. The zero-order valence-electron chi connectivity index (χ0n) is 12.0. The number of nitrogens with zero attached hydrogens (tertiary/aromatic N) is 1. The predicted octanol–water partition coefficient (Wildman–Crippen LogP) is 4.37. The van der Waals surface area contributed by atoms with Gasteiger partial charge >= 0.3 is 6.18 Å². The third-order valence-corrected chi connectivity index (χ3v) is 3.73. The smallest absolute Gasteiger partial charge is 0.422 e. The molecule has 0 unspecified atom stereocenters. The van der Waals surface area contributed by atoms with Crippen molar-refractivity contribution in [3.8, 4) is 5.88 Å². The van der Waals surface area contributed by atoms with Gasteiger partial charge in [-0.2, -0.15) is 13.2 Å². The van der Waals surface area contributed by atoms with Crippen LogP contribution in [0.5, 0.6) is 5.88 Å². The van der Waals surface area contributed by atoms with Gasteiger partial charge in [-0.1, -0.05) is 17.7 Å². The summed E-state index contributed by atoms with van der Waals surface area (Å²) in [5, 5.41) is 3.10. The van der Waals surface area contributed by atoms with Crippen molar-refractivity contribution in [2.24, 2.45) is 0 Å². The summed E-state index contributed by atoms with van der Waals surface area (Å²) in [5.41, 5.74) is 0.987. The molecular weight excluding hydrogens is 413 g/mol. The van der Waals surface area contributed by atoms with Gasteiger partial charge in [0.1, 0.15) is 0 Å². The summed E-state index contributed by atoms with van der Waals surface area (Å²) in [6, 6.07) is 7.65. The number of benzene rings is 1. The van der Waals surface area contributed by atoms with E-state index in [9.17, 15) is 18.0 Å². The zero-order chi connectivity index (χ0) is 17.7. The van der Waals surface area contributed by atoms with Crippen LogP contribution in [-0.4, -0.2) is 23.7 Å². The third kappa shape index (κ3) is 5.68. The van der Waals surface area contributed by atoms with E-state index in [4.69, 9.17) is 11.6 Å². The van der Waals surface area contributed by atoms with Crippen molar-refractivity contribution in [3.63, 3.8) is 0 Å². The fourth-order valence-corrected chi connectivity index (χ4v) is 2.30. The number of amides is 1. The molecule has 0 spiro atoms. The highest BCUT2D eigenvalue weighted by molar-refractivity contribution is 9.10. The van der Waals surface area contributed by atoms with Gasteiger partial charge in [-0.05, 0) is 39.7 Å². The molecule has 0 aliphatic rings. The Morgan fingerprint density at radius 3 is 2.67 bits per heavy atom. The monoisotopic (exact) mass is 422 g/mol. The summed E-state index contributed by atoms with van der Waals surface area (Å²) in [6.07, 6.45) is -3.09. The molecule has 0 fully saturated rings. The maximum atomic E-state index is 12.1. The van der Waals surface area contributed by atoms with Gasteiger partial charge in [-0.25, -0.2) is 4.98 Å². The first-order valence-corrected chi connectivity index (χ1v) is 7.79. The fraction of sp³-hybridized carbons (Fsp3) is 0.200. The highest BCUT2D eigenvalue weighted by Gasteiger charge is 2.28. The van der Waals surface area contributed by atoms with Crippen molar-refractivity contribution in [1.82, 2.24) is 10.3 Å². The van der Waals surface area contributed by atoms with Gasteiger partial charge in [0.15, 0.2) is 6.61 Å². The number of ether oxygens (including phenoxy) is 1. The first kappa shape index (κ1) is 18.5. The van der Waals surface area contributed by atoms with E-state index in [0.717, 1.165) is 0 Å². The lowest BCUT2D eigenvalue weighted by molar-refractivity contribution is -0.154. The number of halogens is 5. The van der Waals surface area contributed by atoms with Crippen LogP contribution >= 0.6 is 27.5 Å². The molecule has 0 aliphatic heterocycles. The van der Waals surface area contributed by atoms with Gasteiger partial charge < -0.3 is 10.1 Å². The standard InChI is InChI=1S/C15H11BrClF3N2O2/c16-12-3-2-10(17)5-11(12)14(23)22-7-9-1-4-13(21-6-9)24-8-15(18,19)20/h1-6H,7-8H2,(H,22,23). The molecule has 2 aromatic rings. The molecule has 0 radical (unpaired) electrons. The molecule has 0 bridgehead atoms. The molecule has 4 nitrogen and oxygen atoms in total. The highest BCUT2D eigenvalue weighted by Crippen LogP contribution is 2.21. The lowest BCUT2D eigenvalue weighted by atomic mass is 10.2. The number of carbonyl (C=O) groups is 1.